The van der Waals surface area contributed by atoms with E-state index in [9.17, 15) is 0 Å². The van der Waals surface area contributed by atoms with Crippen LogP contribution in [-0.4, -0.2) is 0 Å². The molecule has 0 radical (unpaired) electrons. The average molecular weight is 383 g/mol. The van der Waals surface area contributed by atoms with Crippen LogP contribution in [0.5, 0.6) is 0 Å². The molecule has 0 saturated heterocycles. The van der Waals surface area contributed by atoms with Gasteiger partial charge < -0.3 is 5.73 Å². The molecular weight excluding hydrogens is 366 g/mol. The molecule has 0 saturated carbocycles. The number of hydrogen-bond donors (Lipinski definition) is 1. The molecule has 19 heavy (non-hydrogen) atoms. The van der Waals surface area contributed by atoms with Crippen molar-refractivity contribution in [2.75, 3.05) is 0 Å². The van der Waals surface area contributed by atoms with E-state index in [2.05, 4.69) is 69.1 Å². The highest BCUT2D eigenvalue weighted by atomic mass is 79.9. The Hall–Kier alpha value is -0.640. The molecule has 2 aromatic rings. The summed E-state index contributed by atoms with van der Waals surface area (Å²) in [6.45, 7) is 2.19. The van der Waals surface area contributed by atoms with Gasteiger partial charge in [-0.3, -0.25) is 0 Å². The summed E-state index contributed by atoms with van der Waals surface area (Å²) in [5.74, 6) is 0. The molecule has 0 aliphatic heterocycles. The highest BCUT2D eigenvalue weighted by molar-refractivity contribution is 9.11. The van der Waals surface area contributed by atoms with Crippen molar-refractivity contribution in [3.63, 3.8) is 0 Å². The lowest BCUT2D eigenvalue weighted by Gasteiger charge is -2.16. The quantitative estimate of drug-likeness (QED) is 0.771. The largest absolute Gasteiger partial charge is 0.320 e. The number of halogens is 2. The van der Waals surface area contributed by atoms with Gasteiger partial charge in [0.25, 0.3) is 0 Å². The lowest BCUT2D eigenvalue weighted by Crippen LogP contribution is -2.12. The SMILES string of the molecule is CCCc1cccc(C(N)c2cc(Br)ccc2Br)c1. The number of benzene rings is 2. The Labute approximate surface area is 131 Å². The lowest BCUT2D eigenvalue weighted by atomic mass is 9.97. The third-order valence-electron chi connectivity index (χ3n) is 3.14. The van der Waals surface area contributed by atoms with Crippen LogP contribution in [-0.2, 0) is 6.42 Å². The van der Waals surface area contributed by atoms with Crippen molar-refractivity contribution < 1.29 is 0 Å². The number of aryl methyl sites for hydroxylation is 1. The third-order valence-corrected chi connectivity index (χ3v) is 4.36. The highest BCUT2D eigenvalue weighted by Gasteiger charge is 2.13. The van der Waals surface area contributed by atoms with E-state index in [1.54, 1.807) is 0 Å². The molecule has 0 aromatic heterocycles. The molecule has 0 aliphatic rings. The second-order valence-corrected chi connectivity index (χ2v) is 6.41. The van der Waals surface area contributed by atoms with Gasteiger partial charge >= 0.3 is 0 Å². The second-order valence-electron chi connectivity index (χ2n) is 4.64. The van der Waals surface area contributed by atoms with Crippen molar-refractivity contribution in [1.29, 1.82) is 0 Å². The molecule has 1 nitrogen and oxygen atoms in total. The molecule has 0 amide bonds. The van der Waals surface area contributed by atoms with Crippen LogP contribution in [0.15, 0.2) is 51.4 Å². The van der Waals surface area contributed by atoms with Crippen LogP contribution >= 0.6 is 31.9 Å². The summed E-state index contributed by atoms with van der Waals surface area (Å²) in [5, 5.41) is 0. The molecule has 0 fully saturated rings. The molecule has 0 spiro atoms. The first-order valence-electron chi connectivity index (χ1n) is 6.41. The van der Waals surface area contributed by atoms with Gasteiger partial charge in [0.05, 0.1) is 6.04 Å². The van der Waals surface area contributed by atoms with Crippen LogP contribution in [0.25, 0.3) is 0 Å². The number of nitrogens with two attached hydrogens (primary N) is 1. The Kier molecular flexibility index (Phi) is 5.20. The van der Waals surface area contributed by atoms with Gasteiger partial charge in [-0.15, -0.1) is 0 Å². The summed E-state index contributed by atoms with van der Waals surface area (Å²) in [4.78, 5) is 0. The Morgan fingerprint density at radius 1 is 1.11 bits per heavy atom. The molecule has 1 atom stereocenters. The van der Waals surface area contributed by atoms with Gasteiger partial charge in [0.15, 0.2) is 0 Å². The van der Waals surface area contributed by atoms with E-state index in [-0.39, 0.29) is 6.04 Å². The molecule has 2 N–H and O–H groups in total. The second kappa shape index (κ2) is 6.69. The van der Waals surface area contributed by atoms with Crippen molar-refractivity contribution in [1.82, 2.24) is 0 Å². The molecular formula is C16H17Br2N. The summed E-state index contributed by atoms with van der Waals surface area (Å²) < 4.78 is 2.09. The summed E-state index contributed by atoms with van der Waals surface area (Å²) in [5.41, 5.74) is 10.0. The van der Waals surface area contributed by atoms with Crippen LogP contribution in [0.2, 0.25) is 0 Å². The number of hydrogen-bond acceptors (Lipinski definition) is 1. The maximum Gasteiger partial charge on any atom is 0.0563 e. The number of rotatable bonds is 4. The minimum Gasteiger partial charge on any atom is -0.320 e. The predicted octanol–water partition coefficient (Wildman–Crippen LogP) is 5.21. The first-order chi connectivity index (χ1) is 9.11. The molecule has 0 aliphatic carbocycles. The Morgan fingerprint density at radius 2 is 1.89 bits per heavy atom. The van der Waals surface area contributed by atoms with Gasteiger partial charge in [0, 0.05) is 8.95 Å². The molecule has 1 unspecified atom stereocenters. The molecule has 0 bridgehead atoms. The maximum absolute atomic E-state index is 6.40. The smallest absolute Gasteiger partial charge is 0.0563 e. The lowest BCUT2D eigenvalue weighted by molar-refractivity contribution is 0.853. The summed E-state index contributed by atoms with van der Waals surface area (Å²) >= 11 is 7.08. The van der Waals surface area contributed by atoms with Gasteiger partial charge in [-0.2, -0.15) is 0 Å². The normalized spacial score (nSPS) is 12.4. The minimum absolute atomic E-state index is 0.108. The Balaban J connectivity index is 2.35. The van der Waals surface area contributed by atoms with Gasteiger partial charge in [0.2, 0.25) is 0 Å². The van der Waals surface area contributed by atoms with Gasteiger partial charge in [-0.05, 0) is 41.3 Å². The molecule has 3 heteroatoms. The van der Waals surface area contributed by atoms with Crippen molar-refractivity contribution in [2.24, 2.45) is 5.73 Å². The average Bonchev–Trinajstić information content (AvgIpc) is 2.41. The molecule has 0 heterocycles. The van der Waals surface area contributed by atoms with Gasteiger partial charge in [0.1, 0.15) is 0 Å². The molecule has 2 rings (SSSR count). The zero-order chi connectivity index (χ0) is 13.8. The van der Waals surface area contributed by atoms with E-state index in [0.717, 1.165) is 32.9 Å². The third kappa shape index (κ3) is 3.68. The first-order valence-corrected chi connectivity index (χ1v) is 7.99. The van der Waals surface area contributed by atoms with E-state index < -0.39 is 0 Å². The van der Waals surface area contributed by atoms with Crippen LogP contribution in [0.4, 0.5) is 0 Å². The standard InChI is InChI=1S/C16H17Br2N/c1-2-4-11-5-3-6-12(9-11)16(19)14-10-13(17)7-8-15(14)18/h3,5-10,16H,2,4,19H2,1H3. The molecule has 2 aromatic carbocycles. The summed E-state index contributed by atoms with van der Waals surface area (Å²) in [7, 11) is 0. The van der Waals surface area contributed by atoms with E-state index in [1.165, 1.54) is 5.56 Å². The van der Waals surface area contributed by atoms with Crippen molar-refractivity contribution in [2.45, 2.75) is 25.8 Å². The highest BCUT2D eigenvalue weighted by Crippen LogP contribution is 2.29. The minimum atomic E-state index is -0.108. The van der Waals surface area contributed by atoms with Crippen molar-refractivity contribution in [3.8, 4) is 0 Å². The topological polar surface area (TPSA) is 26.0 Å². The zero-order valence-corrected chi connectivity index (χ0v) is 14.0. The van der Waals surface area contributed by atoms with E-state index in [4.69, 9.17) is 5.73 Å². The van der Waals surface area contributed by atoms with Crippen LogP contribution in [0.3, 0.4) is 0 Å². The summed E-state index contributed by atoms with van der Waals surface area (Å²) in [6, 6.07) is 14.5. The maximum atomic E-state index is 6.40. The van der Waals surface area contributed by atoms with Crippen molar-refractivity contribution in [3.05, 3.63) is 68.1 Å². The van der Waals surface area contributed by atoms with Gasteiger partial charge in [-0.25, -0.2) is 0 Å². The first kappa shape index (κ1) is 14.8. The van der Waals surface area contributed by atoms with Crippen LogP contribution < -0.4 is 5.73 Å². The zero-order valence-electron chi connectivity index (χ0n) is 10.9. The van der Waals surface area contributed by atoms with Crippen LogP contribution in [0.1, 0.15) is 36.1 Å². The Morgan fingerprint density at radius 3 is 2.63 bits per heavy atom. The van der Waals surface area contributed by atoms with E-state index >= 15 is 0 Å². The monoisotopic (exact) mass is 381 g/mol. The van der Waals surface area contributed by atoms with E-state index in [0.29, 0.717) is 0 Å². The fraction of sp³-hybridized carbons (Fsp3) is 0.250. The fourth-order valence-electron chi connectivity index (χ4n) is 2.16. The Bertz CT molecular complexity index is 566. The summed E-state index contributed by atoms with van der Waals surface area (Å²) in [6.07, 6.45) is 2.25. The van der Waals surface area contributed by atoms with Crippen LogP contribution in [0, 0.1) is 0 Å². The van der Waals surface area contributed by atoms with Crippen molar-refractivity contribution >= 4 is 31.9 Å². The predicted molar refractivity (Wildman–Crippen MR) is 88.3 cm³/mol. The van der Waals surface area contributed by atoms with E-state index in [1.807, 2.05) is 12.1 Å². The van der Waals surface area contributed by atoms with Gasteiger partial charge in [-0.1, -0.05) is 69.5 Å². The fourth-order valence-corrected chi connectivity index (χ4v) is 3.04. The molecule has 100 valence electrons.